The number of aryl methyl sites for hydroxylation is 1. The molecular formula is C31H47N2Na. The predicted octanol–water partition coefficient (Wildman–Crippen LogP) is 6.62. The quantitative estimate of drug-likeness (QED) is 0.151. The van der Waals surface area contributed by atoms with E-state index in [0.717, 1.165) is 18.5 Å². The van der Waals surface area contributed by atoms with Gasteiger partial charge in [-0.1, -0.05) is 139 Å². The van der Waals surface area contributed by atoms with Crippen LogP contribution in [0.2, 0.25) is 0 Å². The Kier molecular flexibility index (Phi) is 15.6. The van der Waals surface area contributed by atoms with Crippen molar-refractivity contribution in [2.24, 2.45) is 0 Å². The van der Waals surface area contributed by atoms with Gasteiger partial charge in [0.15, 0.2) is 0 Å². The van der Waals surface area contributed by atoms with Crippen LogP contribution in [0.5, 0.6) is 0 Å². The van der Waals surface area contributed by atoms with Crippen LogP contribution >= 0.6 is 0 Å². The van der Waals surface area contributed by atoms with E-state index in [1.54, 1.807) is 0 Å². The topological polar surface area (TPSA) is 17.8 Å². The van der Waals surface area contributed by atoms with Gasteiger partial charge in [-0.2, -0.15) is 0 Å². The third-order valence-electron chi connectivity index (χ3n) is 6.92. The van der Waals surface area contributed by atoms with Crippen LogP contribution in [0.15, 0.2) is 54.6 Å². The van der Waals surface area contributed by atoms with Crippen LogP contribution in [0.1, 0.15) is 116 Å². The van der Waals surface area contributed by atoms with Crippen molar-refractivity contribution in [2.75, 3.05) is 0 Å². The largest absolute Gasteiger partial charge is 1.00 e. The van der Waals surface area contributed by atoms with Crippen LogP contribution in [0.25, 0.3) is 11.0 Å². The maximum atomic E-state index is 4.98. The number of benzene rings is 2. The summed E-state index contributed by atoms with van der Waals surface area (Å²) < 4.78 is 2.43. The predicted molar refractivity (Wildman–Crippen MR) is 145 cm³/mol. The number of unbranched alkanes of at least 4 members (excludes halogenated alkanes) is 14. The van der Waals surface area contributed by atoms with Crippen molar-refractivity contribution < 1.29 is 31.0 Å². The van der Waals surface area contributed by atoms with Gasteiger partial charge in [0.1, 0.15) is 5.82 Å². The monoisotopic (exact) mass is 470 g/mol. The Labute approximate surface area is 232 Å². The number of rotatable bonds is 18. The van der Waals surface area contributed by atoms with Gasteiger partial charge in [-0.15, -0.1) is 0 Å². The summed E-state index contributed by atoms with van der Waals surface area (Å²) in [5, 5.41) is 0. The molecule has 0 N–H and O–H groups in total. The van der Waals surface area contributed by atoms with Crippen LogP contribution in [-0.4, -0.2) is 9.55 Å². The summed E-state index contributed by atoms with van der Waals surface area (Å²) in [6.45, 7) is 3.21. The third-order valence-corrected chi connectivity index (χ3v) is 6.92. The van der Waals surface area contributed by atoms with E-state index in [-0.39, 0.29) is 31.0 Å². The fourth-order valence-electron chi connectivity index (χ4n) is 4.91. The molecule has 182 valence electrons. The molecule has 0 atom stereocenters. The first kappa shape index (κ1) is 29.1. The van der Waals surface area contributed by atoms with E-state index in [9.17, 15) is 0 Å². The molecule has 0 fully saturated rings. The average molecular weight is 471 g/mol. The molecule has 3 heteroatoms. The fourth-order valence-corrected chi connectivity index (χ4v) is 4.91. The summed E-state index contributed by atoms with van der Waals surface area (Å²) in [5.41, 5.74) is 3.74. The molecule has 2 nitrogen and oxygen atoms in total. The third kappa shape index (κ3) is 10.7. The number of hydrogen-bond acceptors (Lipinski definition) is 1. The molecular weight excluding hydrogens is 423 g/mol. The van der Waals surface area contributed by atoms with Crippen molar-refractivity contribution >= 4 is 11.0 Å². The molecule has 1 aromatic heterocycles. The van der Waals surface area contributed by atoms with Crippen LogP contribution < -0.4 is 29.6 Å². The Morgan fingerprint density at radius 1 is 0.618 bits per heavy atom. The van der Waals surface area contributed by atoms with Crippen LogP contribution in [0.4, 0.5) is 0 Å². The van der Waals surface area contributed by atoms with Crippen molar-refractivity contribution in [1.82, 2.24) is 9.55 Å². The summed E-state index contributed by atoms with van der Waals surface area (Å²) >= 11 is 0. The average Bonchev–Trinajstić information content (AvgIpc) is 3.19. The van der Waals surface area contributed by atoms with Gasteiger partial charge in [0, 0.05) is 13.0 Å². The van der Waals surface area contributed by atoms with Gasteiger partial charge in [-0.3, -0.25) is 0 Å². The Balaban J connectivity index is 0.00000306. The molecule has 0 aliphatic rings. The second kappa shape index (κ2) is 18.2. The maximum absolute atomic E-state index is 4.98. The number of hydrogen-bond donors (Lipinski definition) is 0. The SMILES string of the molecule is CCCCCCCCCCCCCCCCCc1nc2ccccc2n1Cc1ccccc1.[H-].[Na+]. The summed E-state index contributed by atoms with van der Waals surface area (Å²) in [6, 6.07) is 19.4. The molecule has 0 unspecified atom stereocenters. The summed E-state index contributed by atoms with van der Waals surface area (Å²) in [5.74, 6) is 1.25. The zero-order valence-corrected chi connectivity index (χ0v) is 24.1. The second-order valence-electron chi connectivity index (χ2n) is 9.79. The van der Waals surface area contributed by atoms with E-state index < -0.39 is 0 Å². The van der Waals surface area contributed by atoms with E-state index in [1.165, 1.54) is 113 Å². The molecule has 3 rings (SSSR count). The number of nitrogens with zero attached hydrogens (tertiary/aromatic N) is 2. The van der Waals surface area contributed by atoms with E-state index in [0.29, 0.717) is 0 Å². The molecule has 3 aromatic rings. The Bertz CT molecular complexity index is 893. The molecule has 2 aromatic carbocycles. The summed E-state index contributed by atoms with van der Waals surface area (Å²) in [4.78, 5) is 4.98. The molecule has 0 aliphatic carbocycles. The first-order valence-corrected chi connectivity index (χ1v) is 13.9. The summed E-state index contributed by atoms with van der Waals surface area (Å²) in [7, 11) is 0. The van der Waals surface area contributed by atoms with Crippen molar-refractivity contribution in [2.45, 2.75) is 116 Å². The second-order valence-corrected chi connectivity index (χ2v) is 9.79. The van der Waals surface area contributed by atoms with Crippen LogP contribution in [0, 0.1) is 0 Å². The minimum absolute atomic E-state index is 0. The van der Waals surface area contributed by atoms with E-state index in [1.807, 2.05) is 0 Å². The van der Waals surface area contributed by atoms with Crippen LogP contribution in [0.3, 0.4) is 0 Å². The number of fused-ring (bicyclic) bond motifs is 1. The number of imidazole rings is 1. The fraction of sp³-hybridized carbons (Fsp3) is 0.581. The van der Waals surface area contributed by atoms with Crippen molar-refractivity contribution in [1.29, 1.82) is 0 Å². The zero-order valence-electron chi connectivity index (χ0n) is 23.1. The minimum atomic E-state index is 0. The summed E-state index contributed by atoms with van der Waals surface area (Å²) in [6.07, 6.45) is 22.2. The number of aromatic nitrogens is 2. The zero-order chi connectivity index (χ0) is 23.0. The molecule has 1 heterocycles. The smallest absolute Gasteiger partial charge is 1.00 e. The molecule has 0 saturated carbocycles. The number of para-hydroxylation sites is 2. The van der Waals surface area contributed by atoms with E-state index in [2.05, 4.69) is 66.1 Å². The molecule has 0 saturated heterocycles. The maximum Gasteiger partial charge on any atom is 1.00 e. The van der Waals surface area contributed by atoms with Gasteiger partial charge in [-0.05, 0) is 24.1 Å². The molecule has 0 amide bonds. The van der Waals surface area contributed by atoms with E-state index in [4.69, 9.17) is 4.98 Å². The first-order valence-electron chi connectivity index (χ1n) is 13.9. The first-order chi connectivity index (χ1) is 16.4. The van der Waals surface area contributed by atoms with Gasteiger partial charge in [0.25, 0.3) is 0 Å². The molecule has 0 aliphatic heterocycles. The Hall–Kier alpha value is -1.09. The van der Waals surface area contributed by atoms with E-state index >= 15 is 0 Å². The standard InChI is InChI=1S/C31H46N2.Na.H/c1-2-3-4-5-6-7-8-9-10-11-12-13-14-15-19-26-31-32-29-24-20-21-25-30(29)33(31)27-28-22-17-16-18-23-28;;/h16-18,20-25H,2-15,19,26-27H2,1H3;;/q;+1;-1. The normalized spacial score (nSPS) is 11.1. The van der Waals surface area contributed by atoms with Gasteiger partial charge < -0.3 is 5.99 Å². The van der Waals surface area contributed by atoms with Gasteiger partial charge in [-0.25, -0.2) is 4.98 Å². The van der Waals surface area contributed by atoms with Gasteiger partial charge in [0.05, 0.1) is 11.0 Å². The molecule has 34 heavy (non-hydrogen) atoms. The van der Waals surface area contributed by atoms with Gasteiger partial charge in [0.2, 0.25) is 0 Å². The van der Waals surface area contributed by atoms with Crippen molar-refractivity contribution in [3.63, 3.8) is 0 Å². The Morgan fingerprint density at radius 2 is 1.12 bits per heavy atom. The van der Waals surface area contributed by atoms with Gasteiger partial charge >= 0.3 is 29.6 Å². The van der Waals surface area contributed by atoms with Crippen molar-refractivity contribution in [3.8, 4) is 0 Å². The Morgan fingerprint density at radius 3 is 1.71 bits per heavy atom. The molecule has 0 spiro atoms. The molecule has 0 radical (unpaired) electrons. The van der Waals surface area contributed by atoms with Crippen LogP contribution in [-0.2, 0) is 13.0 Å². The minimum Gasteiger partial charge on any atom is -1.00 e. The molecule has 0 bridgehead atoms. The van der Waals surface area contributed by atoms with Crippen molar-refractivity contribution in [3.05, 3.63) is 66.0 Å².